The molecule has 3 unspecified atom stereocenters. The summed E-state index contributed by atoms with van der Waals surface area (Å²) in [6.45, 7) is 0.812. The minimum absolute atomic E-state index is 0.0332. The zero-order chi connectivity index (χ0) is 29.0. The molecule has 0 spiro atoms. The van der Waals surface area contributed by atoms with Gasteiger partial charge in [0.15, 0.2) is 11.5 Å². The van der Waals surface area contributed by atoms with Crippen LogP contribution in [0.25, 0.3) is 11.1 Å². The van der Waals surface area contributed by atoms with Crippen LogP contribution in [0.5, 0.6) is 28.7 Å². The van der Waals surface area contributed by atoms with Crippen LogP contribution in [0.3, 0.4) is 0 Å². The molecule has 8 heteroatoms. The third-order valence-electron chi connectivity index (χ3n) is 9.81. The molecule has 8 nitrogen and oxygen atoms in total. The molecule has 4 N–H and O–H groups in total. The second-order valence-electron chi connectivity index (χ2n) is 12.1. The van der Waals surface area contributed by atoms with Gasteiger partial charge in [-0.15, -0.1) is 0 Å². The van der Waals surface area contributed by atoms with Crippen molar-refractivity contribution in [2.24, 2.45) is 0 Å². The molecule has 0 radical (unpaired) electrons. The van der Waals surface area contributed by atoms with Crippen molar-refractivity contribution in [2.45, 2.75) is 68.6 Å². The molecule has 2 aliphatic carbocycles. The molecule has 2 aliphatic heterocycles. The molecule has 3 aromatic rings. The molecule has 3 atom stereocenters. The molecule has 1 saturated carbocycles. The van der Waals surface area contributed by atoms with Crippen LogP contribution in [0, 0.1) is 0 Å². The number of ether oxygens (including phenoxy) is 3. The van der Waals surface area contributed by atoms with E-state index in [2.05, 4.69) is 16.4 Å². The fourth-order valence-electron chi connectivity index (χ4n) is 7.90. The van der Waals surface area contributed by atoms with E-state index in [1.807, 2.05) is 24.4 Å². The molecular formula is C34H38N2O6. The van der Waals surface area contributed by atoms with E-state index in [1.165, 1.54) is 25.5 Å². The van der Waals surface area contributed by atoms with Crippen molar-refractivity contribution in [3.05, 3.63) is 77.1 Å². The maximum Gasteiger partial charge on any atom is 0.160 e. The lowest BCUT2D eigenvalue weighted by Crippen LogP contribution is -2.45. The second kappa shape index (κ2) is 10.3. The van der Waals surface area contributed by atoms with Crippen molar-refractivity contribution in [1.82, 2.24) is 10.2 Å². The molecule has 1 fully saturated rings. The zero-order valence-corrected chi connectivity index (χ0v) is 24.1. The third-order valence-corrected chi connectivity index (χ3v) is 9.81. The van der Waals surface area contributed by atoms with E-state index in [9.17, 15) is 15.3 Å². The summed E-state index contributed by atoms with van der Waals surface area (Å²) in [5.41, 5.74) is 6.17. The van der Waals surface area contributed by atoms with Crippen LogP contribution in [0.4, 0.5) is 0 Å². The molecule has 42 heavy (non-hydrogen) atoms. The number of phenolic OH excluding ortho intramolecular Hbond substituents is 2. The number of hydrogen-bond acceptors (Lipinski definition) is 8. The standard InChI is InChI=1S/C34H38N2O6/c1-40-29-15-20(5-8-26(29)38)33-27(39)16-25-28(42-33)17-30(41-2)32-24-7-6-23(37)14-21(24)13-22(31(25)32)18-34(9-3-4-10-34)36-12-11-35-19-36/h5-8,11-12,14-15,17,22,27,33,35,37-39H,3-4,9-10,13,16,18-19H2,1-2H3. The lowest BCUT2D eigenvalue weighted by Gasteiger charge is -2.44. The first kappa shape index (κ1) is 26.8. The summed E-state index contributed by atoms with van der Waals surface area (Å²) in [5.74, 6) is 2.22. The lowest BCUT2D eigenvalue weighted by atomic mass is 9.69. The van der Waals surface area contributed by atoms with Gasteiger partial charge >= 0.3 is 0 Å². The number of methoxy groups -OCH3 is 2. The summed E-state index contributed by atoms with van der Waals surface area (Å²) in [4.78, 5) is 2.48. The first-order valence-corrected chi connectivity index (χ1v) is 14.9. The van der Waals surface area contributed by atoms with E-state index in [0.717, 1.165) is 65.9 Å². The molecular weight excluding hydrogens is 532 g/mol. The lowest BCUT2D eigenvalue weighted by molar-refractivity contribution is 0.0199. The van der Waals surface area contributed by atoms with Crippen molar-refractivity contribution in [1.29, 1.82) is 0 Å². The van der Waals surface area contributed by atoms with Crippen LogP contribution in [0.15, 0.2) is 54.9 Å². The van der Waals surface area contributed by atoms with Gasteiger partial charge in [0.25, 0.3) is 0 Å². The molecule has 0 aromatic heterocycles. The molecule has 220 valence electrons. The summed E-state index contributed by atoms with van der Waals surface area (Å²) >= 11 is 0. The third kappa shape index (κ3) is 4.31. The van der Waals surface area contributed by atoms with Gasteiger partial charge in [-0.2, -0.15) is 0 Å². The van der Waals surface area contributed by atoms with Crippen molar-refractivity contribution < 1.29 is 29.5 Å². The van der Waals surface area contributed by atoms with Gasteiger partial charge in [-0.25, -0.2) is 0 Å². The van der Waals surface area contributed by atoms with E-state index < -0.39 is 12.2 Å². The van der Waals surface area contributed by atoms with Gasteiger partial charge in [0.2, 0.25) is 0 Å². The highest BCUT2D eigenvalue weighted by molar-refractivity contribution is 5.83. The van der Waals surface area contributed by atoms with Gasteiger partial charge in [0.1, 0.15) is 23.4 Å². The van der Waals surface area contributed by atoms with Crippen molar-refractivity contribution in [3.63, 3.8) is 0 Å². The number of nitrogens with zero attached hydrogens (tertiary/aromatic N) is 1. The number of fused-ring (bicyclic) bond motifs is 5. The molecule has 0 amide bonds. The maximum atomic E-state index is 11.5. The average Bonchev–Trinajstić information content (AvgIpc) is 3.70. The van der Waals surface area contributed by atoms with Crippen molar-refractivity contribution in [2.75, 3.05) is 20.9 Å². The van der Waals surface area contributed by atoms with E-state index in [0.29, 0.717) is 17.9 Å². The monoisotopic (exact) mass is 570 g/mol. The summed E-state index contributed by atoms with van der Waals surface area (Å²) in [6.07, 6.45) is 9.66. The van der Waals surface area contributed by atoms with Crippen molar-refractivity contribution in [3.8, 4) is 39.9 Å². The molecule has 0 bridgehead atoms. The molecule has 2 heterocycles. The number of rotatable bonds is 6. The van der Waals surface area contributed by atoms with Gasteiger partial charge in [-0.3, -0.25) is 0 Å². The first-order valence-electron chi connectivity index (χ1n) is 14.9. The number of aromatic hydroxyl groups is 2. The van der Waals surface area contributed by atoms with Crippen LogP contribution in [0.1, 0.15) is 66.4 Å². The highest BCUT2D eigenvalue weighted by Gasteiger charge is 2.45. The van der Waals surface area contributed by atoms with Crippen LogP contribution in [-0.4, -0.2) is 52.8 Å². The van der Waals surface area contributed by atoms with Gasteiger partial charge in [-0.05, 0) is 78.1 Å². The Bertz CT molecular complexity index is 1550. The quantitative estimate of drug-likeness (QED) is 0.308. The van der Waals surface area contributed by atoms with Crippen LogP contribution >= 0.6 is 0 Å². The fourth-order valence-corrected chi connectivity index (χ4v) is 7.90. The largest absolute Gasteiger partial charge is 0.508 e. The Hall–Kier alpha value is -4.04. The minimum atomic E-state index is -0.794. The van der Waals surface area contributed by atoms with Crippen LogP contribution in [-0.2, 0) is 12.8 Å². The highest BCUT2D eigenvalue weighted by atomic mass is 16.5. The first-order chi connectivity index (χ1) is 20.4. The molecule has 7 rings (SSSR count). The number of aliphatic hydroxyl groups excluding tert-OH is 1. The summed E-state index contributed by atoms with van der Waals surface area (Å²) in [6, 6.07) is 12.6. The van der Waals surface area contributed by atoms with E-state index in [-0.39, 0.29) is 23.0 Å². The van der Waals surface area contributed by atoms with E-state index in [4.69, 9.17) is 14.2 Å². The minimum Gasteiger partial charge on any atom is -0.508 e. The Labute approximate surface area is 246 Å². The second-order valence-corrected chi connectivity index (χ2v) is 12.1. The number of nitrogens with one attached hydrogen (secondary N) is 1. The smallest absolute Gasteiger partial charge is 0.160 e. The molecule has 0 saturated heterocycles. The fraction of sp³-hybridized carbons (Fsp3) is 0.412. The SMILES string of the molecule is COc1cc(C2Oc3cc(OC)c4c(c3CC2O)C(CC2(N3C=CNC3)CCCC2)Cc2cc(O)ccc2-4)ccc1O. The summed E-state index contributed by atoms with van der Waals surface area (Å²) in [7, 11) is 3.19. The van der Waals surface area contributed by atoms with Gasteiger partial charge in [0.05, 0.1) is 27.0 Å². The topological polar surface area (TPSA) is 104 Å². The molecule has 4 aliphatic rings. The Morgan fingerprint density at radius 1 is 1.00 bits per heavy atom. The summed E-state index contributed by atoms with van der Waals surface area (Å²) < 4.78 is 18.0. The van der Waals surface area contributed by atoms with Gasteiger partial charge in [0, 0.05) is 41.6 Å². The zero-order valence-electron chi connectivity index (χ0n) is 24.1. The highest BCUT2D eigenvalue weighted by Crippen LogP contribution is 2.55. The Morgan fingerprint density at radius 3 is 2.55 bits per heavy atom. The number of benzene rings is 3. The maximum absolute atomic E-state index is 11.5. The predicted molar refractivity (Wildman–Crippen MR) is 159 cm³/mol. The summed E-state index contributed by atoms with van der Waals surface area (Å²) in [5, 5.41) is 35.5. The number of aliphatic hydroxyl groups is 1. The van der Waals surface area contributed by atoms with Crippen LogP contribution < -0.4 is 19.5 Å². The van der Waals surface area contributed by atoms with E-state index >= 15 is 0 Å². The Morgan fingerprint density at radius 2 is 1.81 bits per heavy atom. The van der Waals surface area contributed by atoms with E-state index in [1.54, 1.807) is 31.4 Å². The Kier molecular flexibility index (Phi) is 6.61. The average molecular weight is 571 g/mol. The number of phenols is 2. The van der Waals surface area contributed by atoms with Crippen LogP contribution in [0.2, 0.25) is 0 Å². The predicted octanol–water partition coefficient (Wildman–Crippen LogP) is 5.50. The van der Waals surface area contributed by atoms with Gasteiger partial charge < -0.3 is 39.7 Å². The van der Waals surface area contributed by atoms with Gasteiger partial charge in [-0.1, -0.05) is 25.0 Å². The van der Waals surface area contributed by atoms with Crippen molar-refractivity contribution >= 4 is 0 Å². The number of hydrogen-bond donors (Lipinski definition) is 4. The Balaban J connectivity index is 1.36. The molecule has 3 aromatic carbocycles. The normalized spacial score (nSPS) is 23.4.